The molecule has 9 aromatic rings. The Morgan fingerprint density at radius 2 is 1.39 bits per heavy atom. The minimum absolute atomic E-state index is 0. The topological polar surface area (TPSA) is 57.2 Å². The van der Waals surface area contributed by atoms with E-state index < -0.39 is 0 Å². The largest absolute Gasteiger partial charge is 2.00 e. The van der Waals surface area contributed by atoms with E-state index >= 15 is 0 Å². The summed E-state index contributed by atoms with van der Waals surface area (Å²) >= 11 is 0. The molecule has 5 aromatic carbocycles. The second-order valence-corrected chi connectivity index (χ2v) is 13.3. The fourth-order valence-electron chi connectivity index (χ4n) is 6.79. The van der Waals surface area contributed by atoms with Gasteiger partial charge < -0.3 is 13.7 Å². The minimum Gasteiger partial charge on any atom is -0.503 e. The van der Waals surface area contributed by atoms with E-state index in [0.717, 1.165) is 71.9 Å². The Bertz CT molecular complexity index is 2700. The average molecular weight is 817 g/mol. The Morgan fingerprint density at radius 1 is 0.673 bits per heavy atom. The number of nitrogens with zero attached hydrogens (tertiary/aromatic N) is 5. The molecule has 0 radical (unpaired) electrons. The number of hydrogen-bond donors (Lipinski definition) is 0. The molecule has 0 atom stereocenters. The molecular formula is C42H31N5OPt. The van der Waals surface area contributed by atoms with Crippen LogP contribution < -0.4 is 4.74 Å². The third kappa shape index (κ3) is 5.01. The van der Waals surface area contributed by atoms with Crippen LogP contribution in [0.2, 0.25) is 0 Å². The molecule has 0 saturated carbocycles. The van der Waals surface area contributed by atoms with Crippen LogP contribution in [0.3, 0.4) is 0 Å². The number of pyridine rings is 2. The van der Waals surface area contributed by atoms with Crippen molar-refractivity contribution in [3.8, 4) is 28.7 Å². The van der Waals surface area contributed by atoms with Crippen LogP contribution in [0, 0.1) is 19.1 Å². The molecule has 49 heavy (non-hydrogen) atoms. The first-order chi connectivity index (χ1) is 23.3. The van der Waals surface area contributed by atoms with E-state index in [0.29, 0.717) is 11.5 Å². The van der Waals surface area contributed by atoms with E-state index in [2.05, 4.69) is 116 Å². The van der Waals surface area contributed by atoms with Crippen LogP contribution in [-0.4, -0.2) is 24.1 Å². The molecule has 6 nitrogen and oxygen atoms in total. The molecule has 0 spiro atoms. The minimum atomic E-state index is 0. The number of hydrogen-bond acceptors (Lipinski definition) is 4. The molecule has 0 N–H and O–H groups in total. The third-order valence-electron chi connectivity index (χ3n) is 9.24. The fourth-order valence-corrected chi connectivity index (χ4v) is 6.79. The maximum Gasteiger partial charge on any atom is 2.00 e. The summed E-state index contributed by atoms with van der Waals surface area (Å²) in [7, 11) is 0. The zero-order valence-corrected chi connectivity index (χ0v) is 29.7. The molecular weight excluding hydrogens is 786 g/mol. The van der Waals surface area contributed by atoms with Gasteiger partial charge in [-0.3, -0.25) is 0 Å². The van der Waals surface area contributed by atoms with E-state index in [9.17, 15) is 0 Å². The van der Waals surface area contributed by atoms with Crippen molar-refractivity contribution < 1.29 is 25.8 Å². The summed E-state index contributed by atoms with van der Waals surface area (Å²) in [6.07, 6.45) is 1.82. The molecule has 0 bridgehead atoms. The Hall–Kier alpha value is -5.32. The van der Waals surface area contributed by atoms with Gasteiger partial charge in [0.2, 0.25) is 0 Å². The van der Waals surface area contributed by atoms with Crippen LogP contribution in [0.25, 0.3) is 66.3 Å². The maximum atomic E-state index is 6.53. The number of fused-ring (bicyclic) bond motifs is 9. The summed E-state index contributed by atoms with van der Waals surface area (Å²) in [5, 5.41) is 14.6. The van der Waals surface area contributed by atoms with Crippen molar-refractivity contribution >= 4 is 49.1 Å². The van der Waals surface area contributed by atoms with Gasteiger partial charge in [-0.25, -0.2) is 4.98 Å². The Kier molecular flexibility index (Phi) is 7.38. The van der Waals surface area contributed by atoms with E-state index in [1.54, 1.807) is 0 Å². The van der Waals surface area contributed by atoms with E-state index in [4.69, 9.17) is 19.9 Å². The van der Waals surface area contributed by atoms with Crippen molar-refractivity contribution in [3.63, 3.8) is 0 Å². The van der Waals surface area contributed by atoms with Crippen LogP contribution in [0.1, 0.15) is 31.9 Å². The number of benzene rings is 5. The summed E-state index contributed by atoms with van der Waals surface area (Å²) in [6, 6.07) is 44.6. The van der Waals surface area contributed by atoms with Gasteiger partial charge in [-0.2, -0.15) is 11.2 Å². The summed E-state index contributed by atoms with van der Waals surface area (Å²) in [6.45, 7) is 8.81. The summed E-state index contributed by atoms with van der Waals surface area (Å²) in [5.41, 5.74) is 7.22. The number of aryl methyl sites for hydroxylation is 1. The molecule has 240 valence electrons. The monoisotopic (exact) mass is 816 g/mol. The number of para-hydroxylation sites is 1. The van der Waals surface area contributed by atoms with Crippen LogP contribution in [0.15, 0.2) is 115 Å². The zero-order chi connectivity index (χ0) is 32.6. The maximum absolute atomic E-state index is 6.53. The van der Waals surface area contributed by atoms with Gasteiger partial charge in [0.15, 0.2) is 5.82 Å². The van der Waals surface area contributed by atoms with E-state index in [1.807, 2.05) is 48.7 Å². The van der Waals surface area contributed by atoms with E-state index in [1.165, 1.54) is 5.56 Å². The second kappa shape index (κ2) is 11.7. The predicted molar refractivity (Wildman–Crippen MR) is 193 cm³/mol. The standard InChI is InChI=1S/C42H31N5O.Pt/c1-26-11-5-6-12-30(26)40-44-45-41-35-24-28(17-20-31(35)32-13-7-8-14-36(32)47(40)41)48-29-18-21-34-33-19-16-27(42(2,3)4)23-37(33)46(38(34)25-29)39-15-9-10-22-43-39;/h5-23H,1-4H3;/q-2;+2. The summed E-state index contributed by atoms with van der Waals surface area (Å²) in [4.78, 5) is 4.72. The van der Waals surface area contributed by atoms with Gasteiger partial charge in [-0.05, 0) is 58.5 Å². The van der Waals surface area contributed by atoms with Gasteiger partial charge in [-0.15, -0.1) is 34.8 Å². The molecule has 0 aliphatic rings. The van der Waals surface area contributed by atoms with Crippen molar-refractivity contribution in [2.75, 3.05) is 0 Å². The predicted octanol–water partition coefficient (Wildman–Crippen LogP) is 10.2. The molecule has 7 heteroatoms. The van der Waals surface area contributed by atoms with Crippen LogP contribution in [0.4, 0.5) is 0 Å². The molecule has 0 fully saturated rings. The van der Waals surface area contributed by atoms with Gasteiger partial charge in [0, 0.05) is 34.3 Å². The van der Waals surface area contributed by atoms with Crippen molar-refractivity contribution in [1.29, 1.82) is 0 Å². The quantitative estimate of drug-likeness (QED) is 0.131. The van der Waals surface area contributed by atoms with Crippen LogP contribution in [-0.2, 0) is 26.5 Å². The van der Waals surface area contributed by atoms with Crippen molar-refractivity contribution in [2.24, 2.45) is 0 Å². The Morgan fingerprint density at radius 3 is 2.18 bits per heavy atom. The summed E-state index contributed by atoms with van der Waals surface area (Å²) < 4.78 is 10.8. The molecule has 4 aromatic heterocycles. The molecule has 0 unspecified atom stereocenters. The summed E-state index contributed by atoms with van der Waals surface area (Å²) in [5.74, 6) is 2.80. The first kappa shape index (κ1) is 31.0. The Labute approximate surface area is 298 Å². The zero-order valence-electron chi connectivity index (χ0n) is 27.4. The normalized spacial score (nSPS) is 11.9. The van der Waals surface area contributed by atoms with Crippen molar-refractivity contribution in [1.82, 2.24) is 24.1 Å². The second-order valence-electron chi connectivity index (χ2n) is 13.3. The smallest absolute Gasteiger partial charge is 0.503 e. The van der Waals surface area contributed by atoms with Crippen LogP contribution >= 0.6 is 0 Å². The van der Waals surface area contributed by atoms with Gasteiger partial charge in [0.1, 0.15) is 5.82 Å². The van der Waals surface area contributed by atoms with Gasteiger partial charge in [0.25, 0.3) is 0 Å². The van der Waals surface area contributed by atoms with Crippen LogP contribution in [0.5, 0.6) is 11.5 Å². The number of rotatable bonds is 4. The first-order valence-corrected chi connectivity index (χ1v) is 16.1. The van der Waals surface area contributed by atoms with Gasteiger partial charge in [-0.1, -0.05) is 104 Å². The molecule has 9 rings (SSSR count). The SMILES string of the molecule is Cc1ccccc1-c1nnc2c3[c-]c(Oc4[c-]c5c(cc4)c4ccc(C(C)(C)C)cc4n5-c4ccccn4)ccc3c3ccccc3n12.[Pt+2]. The molecule has 0 amide bonds. The van der Waals surface area contributed by atoms with Gasteiger partial charge in [0.05, 0.1) is 5.65 Å². The molecule has 0 saturated heterocycles. The molecule has 0 aliphatic heterocycles. The molecule has 0 aliphatic carbocycles. The Balaban J connectivity index is 0.00000348. The fraction of sp³-hybridized carbons (Fsp3) is 0.119. The average Bonchev–Trinajstić information content (AvgIpc) is 3.68. The number of ether oxygens (including phenoxy) is 1. The van der Waals surface area contributed by atoms with E-state index in [-0.39, 0.29) is 26.5 Å². The third-order valence-corrected chi connectivity index (χ3v) is 9.24. The number of aromatic nitrogens is 5. The first-order valence-electron chi connectivity index (χ1n) is 16.1. The van der Waals surface area contributed by atoms with Gasteiger partial charge >= 0.3 is 21.1 Å². The van der Waals surface area contributed by atoms with Crippen molar-refractivity contribution in [2.45, 2.75) is 33.1 Å². The van der Waals surface area contributed by atoms with Crippen molar-refractivity contribution in [3.05, 3.63) is 139 Å². The molecule has 4 heterocycles.